The average Bonchev–Trinajstić information content (AvgIpc) is 3.31. The van der Waals surface area contributed by atoms with E-state index < -0.39 is 11.4 Å². The van der Waals surface area contributed by atoms with Crippen LogP contribution in [-0.4, -0.2) is 23.1 Å². The van der Waals surface area contributed by atoms with Crippen LogP contribution in [0.25, 0.3) is 0 Å². The zero-order valence-corrected chi connectivity index (χ0v) is 26.2. The number of hydrogen-bond donors (Lipinski definition) is 1. The largest absolute Gasteiger partial charge is 0.481 e. The summed E-state index contributed by atoms with van der Waals surface area (Å²) in [5.41, 5.74) is 0.541. The van der Waals surface area contributed by atoms with E-state index in [0.717, 1.165) is 51.4 Å². The van der Waals surface area contributed by atoms with E-state index in [0.29, 0.717) is 29.2 Å². The van der Waals surface area contributed by atoms with Crippen LogP contribution in [0.15, 0.2) is 42.5 Å². The molecule has 0 saturated heterocycles. The summed E-state index contributed by atoms with van der Waals surface area (Å²) < 4.78 is 6.27. The van der Waals surface area contributed by atoms with Crippen LogP contribution >= 0.6 is 0 Å². The summed E-state index contributed by atoms with van der Waals surface area (Å²) in [6, 6.07) is 9.43. The van der Waals surface area contributed by atoms with Gasteiger partial charge in [-0.25, -0.2) is 4.79 Å². The summed E-state index contributed by atoms with van der Waals surface area (Å²) in [5, 5.41) is 10.6. The highest BCUT2D eigenvalue weighted by molar-refractivity contribution is 5.89. The number of carboxylic acid groups (broad SMARTS) is 1. The normalized spacial score (nSPS) is 46.6. The highest BCUT2D eigenvalue weighted by Crippen LogP contribution is 2.77. The Balaban J connectivity index is 1.30. The van der Waals surface area contributed by atoms with Gasteiger partial charge in [0.25, 0.3) is 0 Å². The van der Waals surface area contributed by atoms with Crippen LogP contribution in [0.1, 0.15) is 116 Å². The van der Waals surface area contributed by atoms with Gasteiger partial charge in [0.05, 0.1) is 11.0 Å². The van der Waals surface area contributed by atoms with Gasteiger partial charge in [-0.1, -0.05) is 65.0 Å². The molecule has 0 aromatic heterocycles. The highest BCUT2D eigenvalue weighted by Gasteiger charge is 2.72. The summed E-state index contributed by atoms with van der Waals surface area (Å²) in [7, 11) is 0. The average molecular weight is 561 g/mol. The second-order valence-corrected chi connectivity index (χ2v) is 16.0. The molecule has 10 atom stereocenters. The molecule has 5 aliphatic carbocycles. The summed E-state index contributed by atoms with van der Waals surface area (Å²) in [4.78, 5) is 26.0. The van der Waals surface area contributed by atoms with Crippen LogP contribution in [0.2, 0.25) is 0 Å². The first-order chi connectivity index (χ1) is 19.3. The van der Waals surface area contributed by atoms with Gasteiger partial charge in [-0.3, -0.25) is 4.79 Å². The lowest BCUT2D eigenvalue weighted by molar-refractivity contribution is -0.247. The minimum Gasteiger partial charge on any atom is -0.481 e. The Bertz CT molecular complexity index is 1220. The van der Waals surface area contributed by atoms with Crippen molar-refractivity contribution in [3.05, 3.63) is 48.0 Å². The monoisotopic (exact) mass is 560 g/mol. The van der Waals surface area contributed by atoms with E-state index in [-0.39, 0.29) is 39.7 Å². The van der Waals surface area contributed by atoms with E-state index >= 15 is 0 Å². The molecule has 4 unspecified atom stereocenters. The molecule has 1 aromatic carbocycles. The van der Waals surface area contributed by atoms with Crippen LogP contribution in [0.5, 0.6) is 0 Å². The lowest BCUT2D eigenvalue weighted by Crippen LogP contribution is -2.67. The maximum Gasteiger partial charge on any atom is 0.338 e. The molecule has 4 nitrogen and oxygen atoms in total. The molecule has 0 aliphatic heterocycles. The number of benzene rings is 1. The Morgan fingerprint density at radius 2 is 1.56 bits per heavy atom. The summed E-state index contributed by atoms with van der Waals surface area (Å²) >= 11 is 0. The van der Waals surface area contributed by atoms with E-state index in [1.807, 2.05) is 30.3 Å². The number of carboxylic acids is 1. The van der Waals surface area contributed by atoms with Crippen molar-refractivity contribution in [3.8, 4) is 0 Å². The third-order valence-electron chi connectivity index (χ3n) is 14.5. The molecular weight excluding hydrogens is 508 g/mol. The fourth-order valence-electron chi connectivity index (χ4n) is 12.4. The predicted molar refractivity (Wildman–Crippen MR) is 162 cm³/mol. The maximum atomic E-state index is 13.1. The molecule has 0 amide bonds. The van der Waals surface area contributed by atoms with Gasteiger partial charge < -0.3 is 9.84 Å². The minimum atomic E-state index is -0.540. The second-order valence-electron chi connectivity index (χ2n) is 16.0. The van der Waals surface area contributed by atoms with Gasteiger partial charge in [-0.15, -0.1) is 0 Å². The minimum absolute atomic E-state index is 0.0736. The molecule has 0 bridgehead atoms. The SMILES string of the molecule is C/C=C/C1CCC2(C(=O)O)CC[C@]3(C)[C@H](CCC4[C@@]5(C)CC[C@H](OC(=O)c6ccccc6)C(C)(C)[C@@H]5CC[C@]43C)C12. The smallest absolute Gasteiger partial charge is 0.338 e. The fourth-order valence-corrected chi connectivity index (χ4v) is 12.4. The first-order valence-corrected chi connectivity index (χ1v) is 16.5. The third kappa shape index (κ3) is 3.90. The number of fused-ring (bicyclic) bond motifs is 7. The van der Waals surface area contributed by atoms with Gasteiger partial charge in [0.2, 0.25) is 0 Å². The van der Waals surface area contributed by atoms with Crippen molar-refractivity contribution in [1.82, 2.24) is 0 Å². The molecule has 5 saturated carbocycles. The molecule has 5 fully saturated rings. The number of aliphatic carboxylic acids is 1. The van der Waals surface area contributed by atoms with Crippen LogP contribution in [-0.2, 0) is 9.53 Å². The topological polar surface area (TPSA) is 63.6 Å². The zero-order chi connectivity index (χ0) is 29.4. The highest BCUT2D eigenvalue weighted by atomic mass is 16.5. The van der Waals surface area contributed by atoms with Crippen molar-refractivity contribution in [2.75, 3.05) is 0 Å². The molecule has 0 heterocycles. The Kier molecular flexibility index (Phi) is 6.87. The van der Waals surface area contributed by atoms with Gasteiger partial charge in [0.15, 0.2) is 0 Å². The number of ether oxygens (including phenoxy) is 1. The van der Waals surface area contributed by atoms with Crippen molar-refractivity contribution in [2.24, 2.45) is 56.7 Å². The van der Waals surface area contributed by atoms with Crippen molar-refractivity contribution >= 4 is 11.9 Å². The molecule has 1 N–H and O–H groups in total. The first-order valence-electron chi connectivity index (χ1n) is 16.5. The number of carbonyl (C=O) groups excluding carboxylic acids is 1. The summed E-state index contributed by atoms with van der Waals surface area (Å²) in [6.45, 7) is 14.6. The van der Waals surface area contributed by atoms with Gasteiger partial charge in [-0.05, 0) is 129 Å². The second kappa shape index (κ2) is 9.71. The first kappa shape index (κ1) is 29.0. The number of carbonyl (C=O) groups is 2. The van der Waals surface area contributed by atoms with Crippen LogP contribution in [0.4, 0.5) is 0 Å². The van der Waals surface area contributed by atoms with Crippen LogP contribution < -0.4 is 0 Å². The molecule has 4 heteroatoms. The van der Waals surface area contributed by atoms with Crippen LogP contribution in [0, 0.1) is 56.7 Å². The lowest BCUT2D eigenvalue weighted by atomic mass is 9.32. The quantitative estimate of drug-likeness (QED) is 0.295. The molecule has 0 radical (unpaired) electrons. The molecular formula is C37H52O4. The van der Waals surface area contributed by atoms with E-state index in [1.54, 1.807) is 0 Å². The van der Waals surface area contributed by atoms with E-state index in [2.05, 4.69) is 53.7 Å². The Morgan fingerprint density at radius 1 is 0.829 bits per heavy atom. The number of esters is 1. The lowest BCUT2D eigenvalue weighted by Gasteiger charge is -2.72. The molecule has 0 spiro atoms. The van der Waals surface area contributed by atoms with E-state index in [1.165, 1.54) is 12.8 Å². The third-order valence-corrected chi connectivity index (χ3v) is 14.5. The number of rotatable bonds is 4. The van der Waals surface area contributed by atoms with E-state index in [9.17, 15) is 14.7 Å². The van der Waals surface area contributed by atoms with Crippen molar-refractivity contribution < 1.29 is 19.4 Å². The van der Waals surface area contributed by atoms with Crippen molar-refractivity contribution in [3.63, 3.8) is 0 Å². The van der Waals surface area contributed by atoms with Crippen LogP contribution in [0.3, 0.4) is 0 Å². The van der Waals surface area contributed by atoms with E-state index in [4.69, 9.17) is 4.74 Å². The number of allylic oxidation sites excluding steroid dienone is 2. The summed E-state index contributed by atoms with van der Waals surface area (Å²) in [6.07, 6.45) is 14.9. The molecule has 41 heavy (non-hydrogen) atoms. The Morgan fingerprint density at radius 3 is 2.24 bits per heavy atom. The van der Waals surface area contributed by atoms with Gasteiger partial charge in [0, 0.05) is 5.41 Å². The van der Waals surface area contributed by atoms with Crippen molar-refractivity contribution in [2.45, 2.75) is 112 Å². The molecule has 6 rings (SSSR count). The Labute approximate surface area is 247 Å². The fraction of sp³-hybridized carbons (Fsp3) is 0.730. The van der Waals surface area contributed by atoms with Gasteiger partial charge in [-0.2, -0.15) is 0 Å². The zero-order valence-electron chi connectivity index (χ0n) is 26.2. The molecule has 5 aliphatic rings. The van der Waals surface area contributed by atoms with Gasteiger partial charge >= 0.3 is 11.9 Å². The Hall–Kier alpha value is -2.10. The molecule has 1 aromatic rings. The standard InChI is InChI=1S/C37H52O4/c1-7-11-24-16-21-37(32(39)40)23-22-35(5)26(30(24)37)14-15-28-34(4)19-18-29(41-31(38)25-12-9-8-10-13-25)33(2,3)27(34)17-20-36(28,35)6/h7-13,24,26-30H,14-23H2,1-6H3,(H,39,40)/b11-7+/t24?,26-,27+,28?,29+,30?,34+,35-,36-,37?/m1/s1. The molecule has 224 valence electrons. The number of hydrogen-bond acceptors (Lipinski definition) is 3. The van der Waals surface area contributed by atoms with Gasteiger partial charge in [0.1, 0.15) is 6.10 Å². The predicted octanol–water partition coefficient (Wildman–Crippen LogP) is 8.95. The maximum absolute atomic E-state index is 13.1. The summed E-state index contributed by atoms with van der Waals surface area (Å²) in [5.74, 6) is 1.48. The van der Waals surface area contributed by atoms with Crippen molar-refractivity contribution in [1.29, 1.82) is 0 Å².